The maximum absolute atomic E-state index is 10.9. The van der Waals surface area contributed by atoms with Crippen LogP contribution < -0.4 is 4.74 Å². The molecule has 1 N–H and O–H groups in total. The van der Waals surface area contributed by atoms with Gasteiger partial charge in [-0.15, -0.1) is 11.3 Å². The van der Waals surface area contributed by atoms with Gasteiger partial charge in [0.05, 0.1) is 11.3 Å². The molecule has 5 heteroatoms. The summed E-state index contributed by atoms with van der Waals surface area (Å²) in [5.74, 6) is -0.419. The van der Waals surface area contributed by atoms with Crippen LogP contribution in [0.4, 0.5) is 0 Å². The molecule has 106 valence electrons. The zero-order chi connectivity index (χ0) is 14.8. The van der Waals surface area contributed by atoms with Gasteiger partial charge in [-0.05, 0) is 18.2 Å². The summed E-state index contributed by atoms with van der Waals surface area (Å²) in [4.78, 5) is 15.4. The highest BCUT2D eigenvalue weighted by Gasteiger charge is 2.17. The van der Waals surface area contributed by atoms with Crippen LogP contribution in [0.1, 0.15) is 41.8 Å². The van der Waals surface area contributed by atoms with Gasteiger partial charge in [-0.2, -0.15) is 0 Å². The van der Waals surface area contributed by atoms with Crippen LogP contribution in [0.2, 0.25) is 0 Å². The van der Waals surface area contributed by atoms with Crippen LogP contribution in [0.15, 0.2) is 29.6 Å². The Morgan fingerprint density at radius 1 is 1.40 bits per heavy atom. The van der Waals surface area contributed by atoms with Crippen molar-refractivity contribution >= 4 is 17.3 Å². The molecule has 2 aromatic rings. The Kier molecular flexibility index (Phi) is 4.09. The highest BCUT2D eigenvalue weighted by atomic mass is 32.1. The summed E-state index contributed by atoms with van der Waals surface area (Å²) in [6.07, 6.45) is 0. The number of carboxylic acids is 1. The van der Waals surface area contributed by atoms with E-state index in [-0.39, 0.29) is 11.0 Å². The van der Waals surface area contributed by atoms with Crippen molar-refractivity contribution in [3.63, 3.8) is 0 Å². The Labute approximate surface area is 122 Å². The SMILES string of the molecule is CC(C)(C)c1csc(COc2cccc(C(=O)O)c2)n1. The molecule has 0 amide bonds. The van der Waals surface area contributed by atoms with Crippen LogP contribution in [0.25, 0.3) is 0 Å². The number of nitrogens with zero attached hydrogens (tertiary/aromatic N) is 1. The van der Waals surface area contributed by atoms with Crippen LogP contribution in [0, 0.1) is 0 Å². The van der Waals surface area contributed by atoms with Crippen molar-refractivity contribution in [3.8, 4) is 5.75 Å². The molecule has 0 fully saturated rings. The molecular formula is C15H17NO3S. The van der Waals surface area contributed by atoms with Crippen molar-refractivity contribution in [2.75, 3.05) is 0 Å². The van der Waals surface area contributed by atoms with Crippen LogP contribution >= 0.6 is 11.3 Å². The largest absolute Gasteiger partial charge is 0.486 e. The summed E-state index contributed by atoms with van der Waals surface area (Å²) >= 11 is 1.55. The number of rotatable bonds is 4. The molecule has 0 aliphatic rings. The van der Waals surface area contributed by atoms with Crippen molar-refractivity contribution < 1.29 is 14.6 Å². The van der Waals surface area contributed by atoms with Gasteiger partial charge in [-0.1, -0.05) is 26.8 Å². The molecule has 0 aliphatic carbocycles. The Bertz CT molecular complexity index is 614. The molecule has 1 heterocycles. The minimum absolute atomic E-state index is 0.0258. The number of ether oxygens (including phenoxy) is 1. The molecule has 20 heavy (non-hydrogen) atoms. The summed E-state index contributed by atoms with van der Waals surface area (Å²) < 4.78 is 5.59. The molecule has 1 aromatic carbocycles. The minimum Gasteiger partial charge on any atom is -0.486 e. The van der Waals surface area contributed by atoms with E-state index in [9.17, 15) is 4.79 Å². The molecule has 1 aromatic heterocycles. The average molecular weight is 291 g/mol. The van der Waals surface area contributed by atoms with Crippen LogP contribution in [-0.4, -0.2) is 16.1 Å². The fourth-order valence-corrected chi connectivity index (χ4v) is 2.52. The number of thiazole rings is 1. The number of aromatic carboxylic acids is 1. The van der Waals surface area contributed by atoms with Crippen LogP contribution in [0.5, 0.6) is 5.75 Å². The van der Waals surface area contributed by atoms with E-state index in [1.165, 1.54) is 12.1 Å². The molecule has 4 nitrogen and oxygen atoms in total. The lowest BCUT2D eigenvalue weighted by Crippen LogP contribution is -2.11. The van der Waals surface area contributed by atoms with Crippen LogP contribution in [0.3, 0.4) is 0 Å². The third kappa shape index (κ3) is 3.57. The molecule has 0 radical (unpaired) electrons. The molecule has 0 bridgehead atoms. The second-order valence-corrected chi connectivity index (χ2v) is 6.44. The monoisotopic (exact) mass is 291 g/mol. The van der Waals surface area contributed by atoms with Gasteiger partial charge < -0.3 is 9.84 Å². The number of benzene rings is 1. The first-order valence-corrected chi connectivity index (χ1v) is 7.15. The highest BCUT2D eigenvalue weighted by molar-refractivity contribution is 7.09. The van der Waals surface area contributed by atoms with E-state index in [0.717, 1.165) is 10.7 Å². The Balaban J connectivity index is 2.04. The number of carbonyl (C=O) groups is 1. The van der Waals surface area contributed by atoms with E-state index in [0.29, 0.717) is 12.4 Å². The summed E-state index contributed by atoms with van der Waals surface area (Å²) in [6, 6.07) is 6.46. The van der Waals surface area contributed by atoms with Crippen molar-refractivity contribution in [2.45, 2.75) is 32.8 Å². The highest BCUT2D eigenvalue weighted by Crippen LogP contribution is 2.24. The van der Waals surface area contributed by atoms with Crippen molar-refractivity contribution in [3.05, 3.63) is 45.9 Å². The molecule has 2 rings (SSSR count). The van der Waals surface area contributed by atoms with Crippen molar-refractivity contribution in [1.82, 2.24) is 4.98 Å². The zero-order valence-electron chi connectivity index (χ0n) is 11.7. The average Bonchev–Trinajstić information content (AvgIpc) is 2.85. The summed E-state index contributed by atoms with van der Waals surface area (Å²) in [5, 5.41) is 11.8. The van der Waals surface area contributed by atoms with Gasteiger partial charge in [0, 0.05) is 10.8 Å². The Hall–Kier alpha value is -1.88. The van der Waals surface area contributed by atoms with Gasteiger partial charge >= 0.3 is 5.97 Å². The first-order chi connectivity index (χ1) is 9.36. The van der Waals surface area contributed by atoms with Crippen LogP contribution in [-0.2, 0) is 12.0 Å². The van der Waals surface area contributed by atoms with Gasteiger partial charge in [0.25, 0.3) is 0 Å². The smallest absolute Gasteiger partial charge is 0.335 e. The molecule has 0 saturated heterocycles. The van der Waals surface area contributed by atoms with E-state index in [1.807, 2.05) is 5.38 Å². The molecular weight excluding hydrogens is 274 g/mol. The number of carboxylic acid groups (broad SMARTS) is 1. The first kappa shape index (κ1) is 14.5. The van der Waals surface area contributed by atoms with Gasteiger partial charge in [-0.3, -0.25) is 0 Å². The molecule has 0 spiro atoms. The first-order valence-electron chi connectivity index (χ1n) is 6.27. The lowest BCUT2D eigenvalue weighted by molar-refractivity contribution is 0.0696. The summed E-state index contributed by atoms with van der Waals surface area (Å²) in [6.45, 7) is 6.69. The molecule has 0 atom stereocenters. The topological polar surface area (TPSA) is 59.4 Å². The van der Waals surface area contributed by atoms with Crippen molar-refractivity contribution in [1.29, 1.82) is 0 Å². The number of aromatic nitrogens is 1. The maximum atomic E-state index is 10.9. The predicted molar refractivity (Wildman–Crippen MR) is 78.5 cm³/mol. The van der Waals surface area contributed by atoms with E-state index in [1.54, 1.807) is 23.5 Å². The lowest BCUT2D eigenvalue weighted by Gasteiger charge is -2.14. The van der Waals surface area contributed by atoms with E-state index in [4.69, 9.17) is 9.84 Å². The van der Waals surface area contributed by atoms with E-state index < -0.39 is 5.97 Å². The zero-order valence-corrected chi connectivity index (χ0v) is 12.5. The fraction of sp³-hybridized carbons (Fsp3) is 0.333. The maximum Gasteiger partial charge on any atom is 0.335 e. The van der Waals surface area contributed by atoms with Crippen molar-refractivity contribution in [2.24, 2.45) is 0 Å². The molecule has 0 unspecified atom stereocenters. The number of hydrogen-bond acceptors (Lipinski definition) is 4. The summed E-state index contributed by atoms with van der Waals surface area (Å²) in [7, 11) is 0. The van der Waals surface area contributed by atoms with Gasteiger partial charge in [0.2, 0.25) is 0 Å². The molecule has 0 saturated carbocycles. The molecule has 0 aliphatic heterocycles. The Morgan fingerprint density at radius 2 is 2.15 bits per heavy atom. The standard InChI is InChI=1S/C15H17NO3S/c1-15(2,3)12-9-20-13(16-12)8-19-11-6-4-5-10(7-11)14(17)18/h4-7,9H,8H2,1-3H3,(H,17,18). The number of hydrogen-bond donors (Lipinski definition) is 1. The quantitative estimate of drug-likeness (QED) is 0.932. The lowest BCUT2D eigenvalue weighted by atomic mass is 9.93. The second-order valence-electron chi connectivity index (χ2n) is 5.50. The Morgan fingerprint density at radius 3 is 2.75 bits per heavy atom. The minimum atomic E-state index is -0.959. The fourth-order valence-electron chi connectivity index (χ4n) is 1.59. The normalized spacial score (nSPS) is 11.3. The third-order valence-electron chi connectivity index (χ3n) is 2.76. The predicted octanol–water partition coefficient (Wildman–Crippen LogP) is 3.72. The van der Waals surface area contributed by atoms with E-state index >= 15 is 0 Å². The van der Waals surface area contributed by atoms with Gasteiger partial charge in [0.1, 0.15) is 17.4 Å². The summed E-state index contributed by atoms with van der Waals surface area (Å²) in [5.41, 5.74) is 1.29. The third-order valence-corrected chi connectivity index (χ3v) is 3.59. The van der Waals surface area contributed by atoms with Gasteiger partial charge in [-0.25, -0.2) is 9.78 Å². The van der Waals surface area contributed by atoms with E-state index in [2.05, 4.69) is 25.8 Å². The second kappa shape index (κ2) is 5.63. The van der Waals surface area contributed by atoms with Gasteiger partial charge in [0.15, 0.2) is 0 Å².